The highest BCUT2D eigenvalue weighted by Gasteiger charge is 2.13. The number of phenols is 1. The van der Waals surface area contributed by atoms with Gasteiger partial charge in [-0.15, -0.1) is 5.10 Å². The summed E-state index contributed by atoms with van der Waals surface area (Å²) in [6.45, 7) is -0.0834. The number of nitrogens with one attached hydrogen (secondary N) is 1. The van der Waals surface area contributed by atoms with Crippen LogP contribution in [0.3, 0.4) is 0 Å². The summed E-state index contributed by atoms with van der Waals surface area (Å²) < 4.78 is 1.30. The van der Waals surface area contributed by atoms with Crippen molar-refractivity contribution in [2.24, 2.45) is 0 Å². The molecule has 0 atom stereocenters. The molecule has 0 radical (unpaired) electrons. The molecule has 1 amide bonds. The Bertz CT molecular complexity index is 609. The van der Waals surface area contributed by atoms with Gasteiger partial charge in [0.1, 0.15) is 12.3 Å². The van der Waals surface area contributed by atoms with Crippen LogP contribution in [0.15, 0.2) is 30.6 Å². The summed E-state index contributed by atoms with van der Waals surface area (Å²) in [5.74, 6) is -1.88. The van der Waals surface area contributed by atoms with Gasteiger partial charge >= 0.3 is 5.97 Å². The second-order valence-corrected chi connectivity index (χ2v) is 3.68. The Labute approximate surface area is 107 Å². The third kappa shape index (κ3) is 3.06. The third-order valence-corrected chi connectivity index (χ3v) is 2.29. The first-order valence-corrected chi connectivity index (χ1v) is 5.26. The largest absolute Gasteiger partial charge is 0.508 e. The van der Waals surface area contributed by atoms with Gasteiger partial charge in [-0.3, -0.25) is 4.79 Å². The average molecular weight is 262 g/mol. The normalized spacial score (nSPS) is 10.1. The molecule has 0 saturated heterocycles. The molecule has 3 N–H and O–H groups in total. The van der Waals surface area contributed by atoms with Crippen LogP contribution in [0.5, 0.6) is 5.75 Å². The van der Waals surface area contributed by atoms with E-state index in [-0.39, 0.29) is 23.5 Å². The number of carbonyl (C=O) groups is 2. The average Bonchev–Trinajstić information content (AvgIpc) is 2.83. The van der Waals surface area contributed by atoms with E-state index >= 15 is 0 Å². The molecule has 8 nitrogen and oxygen atoms in total. The number of nitrogens with zero attached hydrogens (tertiary/aromatic N) is 3. The number of hydrogen-bond acceptors (Lipinski definition) is 5. The summed E-state index contributed by atoms with van der Waals surface area (Å²) in [6, 6.07) is 3.67. The number of phenolic OH excluding ortho intramolecular Hbond substituents is 1. The first-order valence-electron chi connectivity index (χ1n) is 5.26. The summed E-state index contributed by atoms with van der Waals surface area (Å²) in [5, 5.41) is 27.8. The van der Waals surface area contributed by atoms with Gasteiger partial charge in [-0.1, -0.05) is 5.21 Å². The van der Waals surface area contributed by atoms with Crippen LogP contribution in [0, 0.1) is 0 Å². The molecule has 0 aliphatic rings. The lowest BCUT2D eigenvalue weighted by Crippen LogP contribution is -2.20. The van der Waals surface area contributed by atoms with E-state index in [9.17, 15) is 14.7 Å². The fraction of sp³-hybridized carbons (Fsp3) is 0.0909. The minimum absolute atomic E-state index is 0.0834. The number of carboxylic acid groups (broad SMARTS) is 1. The van der Waals surface area contributed by atoms with Gasteiger partial charge in [-0.05, 0) is 18.2 Å². The fourth-order valence-electron chi connectivity index (χ4n) is 1.47. The van der Waals surface area contributed by atoms with E-state index in [1.165, 1.54) is 29.2 Å². The van der Waals surface area contributed by atoms with Gasteiger partial charge in [-0.25, -0.2) is 9.48 Å². The summed E-state index contributed by atoms with van der Waals surface area (Å²) in [5.41, 5.74) is -0.0812. The lowest BCUT2D eigenvalue weighted by molar-refractivity contribution is -0.116. The predicted molar refractivity (Wildman–Crippen MR) is 63.7 cm³/mol. The number of benzene rings is 1. The second-order valence-electron chi connectivity index (χ2n) is 3.68. The van der Waals surface area contributed by atoms with Gasteiger partial charge in [0.25, 0.3) is 0 Å². The monoisotopic (exact) mass is 262 g/mol. The summed E-state index contributed by atoms with van der Waals surface area (Å²) >= 11 is 0. The maximum Gasteiger partial charge on any atom is 0.337 e. The molecule has 98 valence electrons. The summed E-state index contributed by atoms with van der Waals surface area (Å²) in [6.07, 6.45) is 2.94. The number of aromatic nitrogens is 3. The van der Waals surface area contributed by atoms with Crippen molar-refractivity contribution in [1.29, 1.82) is 0 Å². The van der Waals surface area contributed by atoms with E-state index in [0.717, 1.165) is 6.07 Å². The Kier molecular flexibility index (Phi) is 3.42. The molecular formula is C11H10N4O4. The van der Waals surface area contributed by atoms with Crippen LogP contribution in [0.4, 0.5) is 5.69 Å². The smallest absolute Gasteiger partial charge is 0.337 e. The zero-order valence-corrected chi connectivity index (χ0v) is 9.65. The number of aromatic carboxylic acids is 1. The van der Waals surface area contributed by atoms with Crippen LogP contribution in [-0.4, -0.2) is 37.1 Å². The molecule has 1 heterocycles. The maximum absolute atomic E-state index is 11.7. The minimum atomic E-state index is -1.24. The van der Waals surface area contributed by atoms with Gasteiger partial charge in [0.2, 0.25) is 5.91 Å². The highest BCUT2D eigenvalue weighted by molar-refractivity contribution is 6.00. The van der Waals surface area contributed by atoms with Gasteiger partial charge in [-0.2, -0.15) is 0 Å². The van der Waals surface area contributed by atoms with Crippen molar-refractivity contribution in [3.63, 3.8) is 0 Å². The number of anilines is 1. The van der Waals surface area contributed by atoms with Crippen molar-refractivity contribution in [3.8, 4) is 5.75 Å². The van der Waals surface area contributed by atoms with Crippen molar-refractivity contribution in [3.05, 3.63) is 36.2 Å². The quantitative estimate of drug-likeness (QED) is 0.683. The Morgan fingerprint density at radius 2 is 2.16 bits per heavy atom. The molecule has 2 aromatic rings. The summed E-state index contributed by atoms with van der Waals surface area (Å²) in [4.78, 5) is 22.7. The number of amides is 1. The SMILES string of the molecule is O=C(Cn1ccnn1)Nc1ccc(O)cc1C(=O)O. The van der Waals surface area contributed by atoms with E-state index in [0.29, 0.717) is 0 Å². The Hall–Kier alpha value is -2.90. The van der Waals surface area contributed by atoms with Crippen molar-refractivity contribution in [2.75, 3.05) is 5.32 Å². The topological polar surface area (TPSA) is 117 Å². The number of carboxylic acids is 1. The first-order chi connectivity index (χ1) is 9.06. The van der Waals surface area contributed by atoms with Crippen LogP contribution < -0.4 is 5.32 Å². The fourth-order valence-corrected chi connectivity index (χ4v) is 1.47. The molecule has 0 spiro atoms. The third-order valence-electron chi connectivity index (χ3n) is 2.29. The van der Waals surface area contributed by atoms with Crippen LogP contribution in [0.2, 0.25) is 0 Å². The lowest BCUT2D eigenvalue weighted by Gasteiger charge is -2.08. The molecule has 0 saturated carbocycles. The molecule has 1 aromatic carbocycles. The van der Waals surface area contributed by atoms with Crippen LogP contribution in [-0.2, 0) is 11.3 Å². The molecule has 0 unspecified atom stereocenters. The lowest BCUT2D eigenvalue weighted by atomic mass is 10.1. The highest BCUT2D eigenvalue weighted by atomic mass is 16.4. The molecule has 19 heavy (non-hydrogen) atoms. The molecule has 0 aliphatic carbocycles. The Morgan fingerprint density at radius 1 is 1.37 bits per heavy atom. The zero-order chi connectivity index (χ0) is 13.8. The second kappa shape index (κ2) is 5.17. The molecule has 0 bridgehead atoms. The van der Waals surface area contributed by atoms with Gasteiger partial charge in [0, 0.05) is 6.20 Å². The molecule has 2 rings (SSSR count). The highest BCUT2D eigenvalue weighted by Crippen LogP contribution is 2.21. The van der Waals surface area contributed by atoms with Crippen molar-refractivity contribution in [1.82, 2.24) is 15.0 Å². The number of rotatable bonds is 4. The van der Waals surface area contributed by atoms with E-state index in [1.807, 2.05) is 0 Å². The molecule has 0 aliphatic heterocycles. The zero-order valence-electron chi connectivity index (χ0n) is 9.65. The van der Waals surface area contributed by atoms with E-state index in [1.54, 1.807) is 0 Å². The number of hydrogen-bond donors (Lipinski definition) is 3. The Balaban J connectivity index is 2.14. The van der Waals surface area contributed by atoms with Crippen molar-refractivity contribution >= 4 is 17.6 Å². The molecule has 1 aromatic heterocycles. The number of aromatic hydroxyl groups is 1. The van der Waals surface area contributed by atoms with Crippen LogP contribution >= 0.6 is 0 Å². The van der Waals surface area contributed by atoms with Gasteiger partial charge in [0.05, 0.1) is 17.4 Å². The van der Waals surface area contributed by atoms with E-state index in [4.69, 9.17) is 5.11 Å². The van der Waals surface area contributed by atoms with Gasteiger partial charge < -0.3 is 15.5 Å². The molecule has 0 fully saturated rings. The van der Waals surface area contributed by atoms with Crippen molar-refractivity contribution in [2.45, 2.75) is 6.54 Å². The van der Waals surface area contributed by atoms with E-state index in [2.05, 4.69) is 15.6 Å². The molecule has 8 heteroatoms. The maximum atomic E-state index is 11.7. The number of carbonyl (C=O) groups excluding carboxylic acids is 1. The van der Waals surface area contributed by atoms with E-state index < -0.39 is 11.9 Å². The van der Waals surface area contributed by atoms with Crippen LogP contribution in [0.1, 0.15) is 10.4 Å². The van der Waals surface area contributed by atoms with Gasteiger partial charge in [0.15, 0.2) is 0 Å². The first kappa shape index (κ1) is 12.6. The molecular weight excluding hydrogens is 252 g/mol. The van der Waals surface area contributed by atoms with Crippen molar-refractivity contribution < 1.29 is 19.8 Å². The summed E-state index contributed by atoms with van der Waals surface area (Å²) in [7, 11) is 0. The standard InChI is InChI=1S/C11H10N4O4/c16-7-1-2-9(8(5-7)11(18)19)13-10(17)6-15-4-3-12-14-15/h1-5,16H,6H2,(H,13,17)(H,18,19). The minimum Gasteiger partial charge on any atom is -0.508 e. The predicted octanol–water partition coefficient (Wildman–Crippen LogP) is 0.321. The van der Waals surface area contributed by atoms with Crippen LogP contribution in [0.25, 0.3) is 0 Å². The Morgan fingerprint density at radius 3 is 2.79 bits per heavy atom.